The zero-order valence-corrected chi connectivity index (χ0v) is 15.6. The van der Waals surface area contributed by atoms with Crippen LogP contribution >= 0.6 is 23.1 Å². The lowest BCUT2D eigenvalue weighted by Crippen LogP contribution is -2.34. The maximum Gasteiger partial charge on any atom is 0.237 e. The SMILES string of the molecule is O=C(CSc1nnnn1Cc1cccs1)N(C1=CCCCC1)C1CC1. The Balaban J connectivity index is 1.39. The van der Waals surface area contributed by atoms with Crippen molar-refractivity contribution in [1.29, 1.82) is 0 Å². The molecule has 0 aliphatic heterocycles. The quantitative estimate of drug-likeness (QED) is 0.695. The standard InChI is InChI=1S/C17H21N5OS2/c23-16(22(14-8-9-14)13-5-2-1-3-6-13)12-25-17-18-19-20-21(17)11-15-7-4-10-24-15/h4-5,7,10,14H,1-3,6,8-9,11-12H2. The van der Waals surface area contributed by atoms with E-state index in [4.69, 9.17) is 0 Å². The maximum atomic E-state index is 12.8. The van der Waals surface area contributed by atoms with Gasteiger partial charge in [-0.05, 0) is 60.4 Å². The molecule has 25 heavy (non-hydrogen) atoms. The van der Waals surface area contributed by atoms with Crippen molar-refractivity contribution in [3.8, 4) is 0 Å². The fourth-order valence-corrected chi connectivity index (χ4v) is 4.54. The van der Waals surface area contributed by atoms with Gasteiger partial charge in [0.15, 0.2) is 0 Å². The number of carbonyl (C=O) groups excluding carboxylic acids is 1. The topological polar surface area (TPSA) is 63.9 Å². The molecule has 0 atom stereocenters. The van der Waals surface area contributed by atoms with Gasteiger partial charge in [0.05, 0.1) is 12.3 Å². The second-order valence-electron chi connectivity index (χ2n) is 6.42. The summed E-state index contributed by atoms with van der Waals surface area (Å²) in [4.78, 5) is 16.1. The number of carbonyl (C=O) groups is 1. The van der Waals surface area contributed by atoms with Crippen molar-refractivity contribution in [2.75, 3.05) is 5.75 Å². The highest BCUT2D eigenvalue weighted by Crippen LogP contribution is 2.34. The van der Waals surface area contributed by atoms with Gasteiger partial charge in [-0.2, -0.15) is 0 Å². The van der Waals surface area contributed by atoms with Gasteiger partial charge >= 0.3 is 0 Å². The molecule has 2 aromatic rings. The van der Waals surface area contributed by atoms with E-state index in [9.17, 15) is 4.79 Å². The van der Waals surface area contributed by atoms with Gasteiger partial charge in [-0.1, -0.05) is 23.9 Å². The lowest BCUT2D eigenvalue weighted by Gasteiger charge is -2.27. The zero-order valence-electron chi connectivity index (χ0n) is 14.0. The Morgan fingerprint density at radius 1 is 1.40 bits per heavy atom. The minimum Gasteiger partial charge on any atom is -0.313 e. The molecule has 0 radical (unpaired) electrons. The molecule has 0 unspecified atom stereocenters. The molecular formula is C17H21N5OS2. The van der Waals surface area contributed by atoms with Gasteiger partial charge < -0.3 is 4.90 Å². The number of allylic oxidation sites excluding steroid dienone is 2. The van der Waals surface area contributed by atoms with Crippen LogP contribution in [-0.4, -0.2) is 42.8 Å². The largest absolute Gasteiger partial charge is 0.313 e. The lowest BCUT2D eigenvalue weighted by atomic mass is 10.0. The second-order valence-corrected chi connectivity index (χ2v) is 8.40. The number of tetrazole rings is 1. The highest BCUT2D eigenvalue weighted by molar-refractivity contribution is 7.99. The van der Waals surface area contributed by atoms with Gasteiger partial charge in [0.1, 0.15) is 0 Å². The van der Waals surface area contributed by atoms with Gasteiger partial charge in [-0.3, -0.25) is 4.79 Å². The minimum absolute atomic E-state index is 0.186. The van der Waals surface area contributed by atoms with E-state index in [-0.39, 0.29) is 5.91 Å². The Hall–Kier alpha value is -1.67. The highest BCUT2D eigenvalue weighted by atomic mass is 32.2. The molecule has 0 saturated heterocycles. The lowest BCUT2D eigenvalue weighted by molar-refractivity contribution is -0.127. The molecule has 2 aliphatic carbocycles. The summed E-state index contributed by atoms with van der Waals surface area (Å²) in [5.74, 6) is 0.574. The molecule has 0 N–H and O–H groups in total. The van der Waals surface area contributed by atoms with Crippen LogP contribution in [0.3, 0.4) is 0 Å². The molecule has 8 heteroatoms. The van der Waals surface area contributed by atoms with Crippen molar-refractivity contribution in [2.45, 2.75) is 56.3 Å². The third-order valence-electron chi connectivity index (χ3n) is 4.47. The van der Waals surface area contributed by atoms with E-state index in [0.717, 1.165) is 25.7 Å². The first-order valence-corrected chi connectivity index (χ1v) is 10.6. The number of hydrogen-bond acceptors (Lipinski definition) is 6. The van der Waals surface area contributed by atoms with E-state index >= 15 is 0 Å². The fourth-order valence-electron chi connectivity index (χ4n) is 3.12. The molecule has 2 aliphatic rings. The number of aromatic nitrogens is 4. The van der Waals surface area contributed by atoms with Gasteiger partial charge in [-0.25, -0.2) is 4.68 Å². The summed E-state index contributed by atoms with van der Waals surface area (Å²) in [6.45, 7) is 0.651. The summed E-state index contributed by atoms with van der Waals surface area (Å²) in [5, 5.41) is 14.7. The highest BCUT2D eigenvalue weighted by Gasteiger charge is 2.35. The molecule has 2 heterocycles. The van der Waals surface area contributed by atoms with Crippen LogP contribution in [0.15, 0.2) is 34.4 Å². The Morgan fingerprint density at radius 2 is 2.32 bits per heavy atom. The predicted molar refractivity (Wildman–Crippen MR) is 98.4 cm³/mol. The first-order valence-electron chi connectivity index (χ1n) is 8.74. The number of amides is 1. The van der Waals surface area contributed by atoms with E-state index in [0.29, 0.717) is 23.5 Å². The summed E-state index contributed by atoms with van der Waals surface area (Å²) >= 11 is 3.12. The third kappa shape index (κ3) is 4.12. The first kappa shape index (κ1) is 16.8. The van der Waals surface area contributed by atoms with Crippen LogP contribution < -0.4 is 0 Å². The smallest absolute Gasteiger partial charge is 0.237 e. The molecular weight excluding hydrogens is 354 g/mol. The fraction of sp³-hybridized carbons (Fsp3) is 0.529. The zero-order chi connectivity index (χ0) is 17.1. The maximum absolute atomic E-state index is 12.8. The van der Waals surface area contributed by atoms with Crippen molar-refractivity contribution in [1.82, 2.24) is 25.1 Å². The normalized spacial score (nSPS) is 17.4. The molecule has 1 saturated carbocycles. The van der Waals surface area contributed by atoms with Crippen LogP contribution in [0, 0.1) is 0 Å². The molecule has 2 aromatic heterocycles. The van der Waals surface area contributed by atoms with Crippen LogP contribution in [0.5, 0.6) is 0 Å². The van der Waals surface area contributed by atoms with E-state index in [1.807, 2.05) is 11.4 Å². The minimum atomic E-state index is 0.186. The van der Waals surface area contributed by atoms with Crippen molar-refractivity contribution in [3.63, 3.8) is 0 Å². The van der Waals surface area contributed by atoms with Crippen molar-refractivity contribution >= 4 is 29.0 Å². The Bertz CT molecular complexity index is 751. The molecule has 6 nitrogen and oxygen atoms in total. The van der Waals surface area contributed by atoms with E-state index in [2.05, 4.69) is 32.6 Å². The average molecular weight is 376 g/mol. The summed E-state index contributed by atoms with van der Waals surface area (Å²) in [6.07, 6.45) is 9.07. The molecule has 132 valence electrons. The summed E-state index contributed by atoms with van der Waals surface area (Å²) in [5.41, 5.74) is 1.23. The van der Waals surface area contributed by atoms with Gasteiger partial charge in [0.25, 0.3) is 0 Å². The van der Waals surface area contributed by atoms with Crippen molar-refractivity contribution in [3.05, 3.63) is 34.2 Å². The number of nitrogens with zero attached hydrogens (tertiary/aromatic N) is 5. The molecule has 0 bridgehead atoms. The van der Waals surface area contributed by atoms with E-state index < -0.39 is 0 Å². The molecule has 0 aromatic carbocycles. The Kier molecular flexibility index (Phi) is 5.17. The van der Waals surface area contributed by atoms with Gasteiger partial charge in [0.2, 0.25) is 11.1 Å². The Morgan fingerprint density at radius 3 is 3.04 bits per heavy atom. The summed E-state index contributed by atoms with van der Waals surface area (Å²) in [6, 6.07) is 4.50. The first-order chi connectivity index (χ1) is 12.3. The number of thiophene rings is 1. The predicted octanol–water partition coefficient (Wildman–Crippen LogP) is 3.32. The number of thioether (sulfide) groups is 1. The average Bonchev–Trinajstić information content (AvgIpc) is 3.15. The van der Waals surface area contributed by atoms with Crippen LogP contribution in [0.2, 0.25) is 0 Å². The number of rotatable bonds is 7. The Labute approximate surface area is 155 Å². The molecule has 1 fully saturated rings. The summed E-state index contributed by atoms with van der Waals surface area (Å²) < 4.78 is 1.77. The second kappa shape index (κ2) is 7.70. The van der Waals surface area contributed by atoms with E-state index in [1.54, 1.807) is 16.0 Å². The van der Waals surface area contributed by atoms with Crippen LogP contribution in [0.25, 0.3) is 0 Å². The summed E-state index contributed by atoms with van der Waals surface area (Å²) in [7, 11) is 0. The molecule has 1 amide bonds. The molecule has 4 rings (SSSR count). The van der Waals surface area contributed by atoms with Crippen LogP contribution in [0.4, 0.5) is 0 Å². The van der Waals surface area contributed by atoms with Gasteiger partial charge in [-0.15, -0.1) is 16.4 Å². The van der Waals surface area contributed by atoms with E-state index in [1.165, 1.54) is 35.2 Å². The van der Waals surface area contributed by atoms with Gasteiger partial charge in [0, 0.05) is 16.6 Å². The van der Waals surface area contributed by atoms with Crippen molar-refractivity contribution in [2.24, 2.45) is 0 Å². The molecule has 0 spiro atoms. The van der Waals surface area contributed by atoms with Crippen LogP contribution in [-0.2, 0) is 11.3 Å². The third-order valence-corrected chi connectivity index (χ3v) is 6.27. The number of hydrogen-bond donors (Lipinski definition) is 0. The van der Waals surface area contributed by atoms with Crippen LogP contribution in [0.1, 0.15) is 43.4 Å². The monoisotopic (exact) mass is 375 g/mol. The van der Waals surface area contributed by atoms with Crippen molar-refractivity contribution < 1.29 is 4.79 Å².